The Balaban J connectivity index is 1.79. The summed E-state index contributed by atoms with van der Waals surface area (Å²) in [4.78, 5) is 30.7. The van der Waals surface area contributed by atoms with E-state index in [0.29, 0.717) is 19.0 Å². The molecule has 0 unspecified atom stereocenters. The van der Waals surface area contributed by atoms with E-state index in [0.717, 1.165) is 12.2 Å². The largest absolute Gasteiger partial charge is 0.351 e. The summed E-state index contributed by atoms with van der Waals surface area (Å²) in [5.74, 6) is 1.43. The Morgan fingerprint density at radius 2 is 2.12 bits per heavy atom. The second-order valence-corrected chi connectivity index (χ2v) is 7.61. The van der Waals surface area contributed by atoms with Gasteiger partial charge in [-0.25, -0.2) is 4.98 Å². The van der Waals surface area contributed by atoms with Crippen LogP contribution < -0.4 is 11.1 Å². The number of nitrogens with one attached hydrogen (secondary N) is 1. The van der Waals surface area contributed by atoms with Crippen molar-refractivity contribution >= 4 is 11.8 Å². The Bertz CT molecular complexity index is 655. The van der Waals surface area contributed by atoms with E-state index in [1.54, 1.807) is 6.20 Å². The summed E-state index contributed by atoms with van der Waals surface area (Å²) in [6, 6.07) is -0.132. The molecule has 3 N–H and O–H groups in total. The van der Waals surface area contributed by atoms with E-state index in [-0.39, 0.29) is 29.7 Å². The number of carbonyl (C=O) groups is 2. The summed E-state index contributed by atoms with van der Waals surface area (Å²) in [6.45, 7) is 6.73. The first kappa shape index (κ1) is 17.0. The van der Waals surface area contributed by atoms with Crippen molar-refractivity contribution in [1.82, 2.24) is 19.8 Å². The second-order valence-electron chi connectivity index (χ2n) is 7.61. The van der Waals surface area contributed by atoms with Crippen molar-refractivity contribution in [2.24, 2.45) is 24.6 Å². The van der Waals surface area contributed by atoms with Crippen molar-refractivity contribution < 1.29 is 9.59 Å². The standard InChI is InChI=1S/C17H27N5O2/c1-10(2)13-7-17(13,18)16(24)22-8-12(14(9-22)20-11(3)23)15-19-5-6-21(15)4/h5-6,10,12-14H,7-9,18H2,1-4H3,(H,20,23)/t12-,13+,14-,17-/m1/s1. The van der Waals surface area contributed by atoms with Crippen molar-refractivity contribution in [2.75, 3.05) is 13.1 Å². The summed E-state index contributed by atoms with van der Waals surface area (Å²) < 4.78 is 1.94. The lowest BCUT2D eigenvalue weighted by Crippen LogP contribution is -2.47. The zero-order valence-electron chi connectivity index (χ0n) is 14.8. The first-order valence-electron chi connectivity index (χ1n) is 8.56. The molecule has 2 aliphatic rings. The van der Waals surface area contributed by atoms with Crippen LogP contribution in [0.3, 0.4) is 0 Å². The predicted molar refractivity (Wildman–Crippen MR) is 90.0 cm³/mol. The highest BCUT2D eigenvalue weighted by atomic mass is 16.2. The maximum Gasteiger partial charge on any atom is 0.243 e. The first-order chi connectivity index (χ1) is 11.2. The third-order valence-electron chi connectivity index (χ3n) is 5.45. The van der Waals surface area contributed by atoms with Gasteiger partial charge in [0.2, 0.25) is 11.8 Å². The van der Waals surface area contributed by atoms with Crippen LogP contribution in [0.5, 0.6) is 0 Å². The number of likely N-dealkylation sites (tertiary alicyclic amines) is 1. The van der Waals surface area contributed by atoms with E-state index in [9.17, 15) is 9.59 Å². The maximum absolute atomic E-state index is 12.9. The Labute approximate surface area is 142 Å². The molecule has 2 amide bonds. The van der Waals surface area contributed by atoms with Crippen LogP contribution in [-0.4, -0.2) is 50.9 Å². The number of nitrogens with zero attached hydrogens (tertiary/aromatic N) is 3. The zero-order chi connectivity index (χ0) is 17.6. The van der Waals surface area contributed by atoms with E-state index in [1.807, 2.05) is 22.7 Å². The van der Waals surface area contributed by atoms with Crippen molar-refractivity contribution in [3.05, 3.63) is 18.2 Å². The monoisotopic (exact) mass is 333 g/mol. The molecule has 1 aliphatic heterocycles. The fourth-order valence-corrected chi connectivity index (χ4v) is 4.05. The van der Waals surface area contributed by atoms with Crippen LogP contribution in [0.2, 0.25) is 0 Å². The lowest BCUT2D eigenvalue weighted by molar-refractivity contribution is -0.133. The van der Waals surface area contributed by atoms with Gasteiger partial charge >= 0.3 is 0 Å². The molecule has 24 heavy (non-hydrogen) atoms. The number of rotatable bonds is 4. The van der Waals surface area contributed by atoms with E-state index >= 15 is 0 Å². The number of aryl methyl sites for hydroxylation is 1. The molecule has 1 aromatic heterocycles. The SMILES string of the molecule is CC(=O)N[C@@H]1CN(C(=O)[C@@]2(N)C[C@H]2C(C)C)C[C@H]1c1nccn1C. The molecule has 1 aliphatic carbocycles. The fraction of sp³-hybridized carbons (Fsp3) is 0.706. The first-order valence-corrected chi connectivity index (χ1v) is 8.56. The molecule has 3 rings (SSSR count). The molecule has 4 atom stereocenters. The average Bonchev–Trinajstić information content (AvgIpc) is 2.82. The predicted octanol–water partition coefficient (Wildman–Crippen LogP) is 0.224. The Morgan fingerprint density at radius 1 is 1.42 bits per heavy atom. The van der Waals surface area contributed by atoms with Crippen LogP contribution in [0.25, 0.3) is 0 Å². The number of hydrogen-bond acceptors (Lipinski definition) is 4. The van der Waals surface area contributed by atoms with Gasteiger partial charge in [0.25, 0.3) is 0 Å². The maximum atomic E-state index is 12.9. The molecule has 0 aromatic carbocycles. The van der Waals surface area contributed by atoms with Gasteiger partial charge in [0, 0.05) is 39.5 Å². The van der Waals surface area contributed by atoms with Crippen LogP contribution in [0, 0.1) is 11.8 Å². The highest BCUT2D eigenvalue weighted by Crippen LogP contribution is 2.48. The number of hydrogen-bond donors (Lipinski definition) is 2. The molecule has 1 saturated carbocycles. The molecule has 0 bridgehead atoms. The Kier molecular flexibility index (Phi) is 4.15. The highest BCUT2D eigenvalue weighted by molar-refractivity contribution is 5.90. The third kappa shape index (κ3) is 2.81. The summed E-state index contributed by atoms with van der Waals surface area (Å²) in [5, 5.41) is 2.97. The van der Waals surface area contributed by atoms with Gasteiger partial charge in [0.15, 0.2) is 0 Å². The number of imidazole rings is 1. The number of carbonyl (C=O) groups excluding carboxylic acids is 2. The summed E-state index contributed by atoms with van der Waals surface area (Å²) in [7, 11) is 1.93. The molecule has 2 fully saturated rings. The van der Waals surface area contributed by atoms with Crippen LogP contribution in [0.15, 0.2) is 12.4 Å². The third-order valence-corrected chi connectivity index (χ3v) is 5.45. The van der Waals surface area contributed by atoms with E-state index in [1.165, 1.54) is 6.92 Å². The van der Waals surface area contributed by atoms with Gasteiger partial charge in [0.05, 0.1) is 17.5 Å². The molecular weight excluding hydrogens is 306 g/mol. The van der Waals surface area contributed by atoms with Gasteiger partial charge in [-0.15, -0.1) is 0 Å². The van der Waals surface area contributed by atoms with Crippen LogP contribution in [0.4, 0.5) is 0 Å². The minimum absolute atomic E-state index is 0.00765. The Hall–Kier alpha value is -1.89. The topological polar surface area (TPSA) is 93.2 Å². The van der Waals surface area contributed by atoms with Crippen LogP contribution >= 0.6 is 0 Å². The van der Waals surface area contributed by atoms with E-state index in [4.69, 9.17) is 5.73 Å². The number of nitrogens with two attached hydrogens (primary N) is 1. The summed E-state index contributed by atoms with van der Waals surface area (Å²) in [6.07, 6.45) is 4.37. The molecule has 7 heteroatoms. The fourth-order valence-electron chi connectivity index (χ4n) is 4.05. The molecule has 0 radical (unpaired) electrons. The highest BCUT2D eigenvalue weighted by Gasteiger charge is 2.60. The smallest absolute Gasteiger partial charge is 0.243 e. The summed E-state index contributed by atoms with van der Waals surface area (Å²) >= 11 is 0. The van der Waals surface area contributed by atoms with Gasteiger partial charge < -0.3 is 20.5 Å². The van der Waals surface area contributed by atoms with Crippen molar-refractivity contribution in [3.63, 3.8) is 0 Å². The number of amides is 2. The Morgan fingerprint density at radius 3 is 2.62 bits per heavy atom. The van der Waals surface area contributed by atoms with Crippen molar-refractivity contribution in [2.45, 2.75) is 44.7 Å². The van der Waals surface area contributed by atoms with Gasteiger partial charge in [0.1, 0.15) is 5.82 Å². The molecular formula is C17H27N5O2. The second kappa shape index (κ2) is 5.88. The lowest BCUT2D eigenvalue weighted by Gasteiger charge is -2.22. The average molecular weight is 333 g/mol. The van der Waals surface area contributed by atoms with Crippen LogP contribution in [0.1, 0.15) is 38.9 Å². The van der Waals surface area contributed by atoms with Crippen molar-refractivity contribution in [1.29, 1.82) is 0 Å². The molecule has 0 spiro atoms. The normalized spacial score (nSPS) is 32.2. The quantitative estimate of drug-likeness (QED) is 0.824. The van der Waals surface area contributed by atoms with Gasteiger partial charge in [-0.3, -0.25) is 9.59 Å². The molecule has 2 heterocycles. The van der Waals surface area contributed by atoms with E-state index < -0.39 is 5.54 Å². The van der Waals surface area contributed by atoms with Gasteiger partial charge in [-0.05, 0) is 18.3 Å². The minimum atomic E-state index is -0.731. The van der Waals surface area contributed by atoms with Gasteiger partial charge in [-0.2, -0.15) is 0 Å². The summed E-state index contributed by atoms with van der Waals surface area (Å²) in [5.41, 5.74) is 5.63. The van der Waals surface area contributed by atoms with Gasteiger partial charge in [-0.1, -0.05) is 13.8 Å². The van der Waals surface area contributed by atoms with E-state index in [2.05, 4.69) is 24.1 Å². The molecule has 1 saturated heterocycles. The molecule has 7 nitrogen and oxygen atoms in total. The lowest BCUT2D eigenvalue weighted by atomic mass is 10.0. The van der Waals surface area contributed by atoms with Crippen molar-refractivity contribution in [3.8, 4) is 0 Å². The number of aromatic nitrogens is 2. The zero-order valence-corrected chi connectivity index (χ0v) is 14.8. The van der Waals surface area contributed by atoms with Crippen LogP contribution in [-0.2, 0) is 16.6 Å². The molecule has 132 valence electrons. The molecule has 1 aromatic rings. The minimum Gasteiger partial charge on any atom is -0.351 e.